The van der Waals surface area contributed by atoms with E-state index in [1.807, 2.05) is 6.92 Å². The average molecular weight is 372 g/mol. The van der Waals surface area contributed by atoms with Gasteiger partial charge in [-0.15, -0.1) is 0 Å². The average Bonchev–Trinajstić information content (AvgIpc) is 2.98. The van der Waals surface area contributed by atoms with Gasteiger partial charge in [-0.2, -0.15) is 0 Å². The molecule has 27 heavy (non-hydrogen) atoms. The van der Waals surface area contributed by atoms with E-state index in [2.05, 4.69) is 31.2 Å². The van der Waals surface area contributed by atoms with Gasteiger partial charge in [0.2, 0.25) is 0 Å². The highest BCUT2D eigenvalue weighted by Crippen LogP contribution is 2.65. The lowest BCUT2D eigenvalue weighted by molar-refractivity contribution is -0.148. The van der Waals surface area contributed by atoms with E-state index in [-0.39, 0.29) is 22.9 Å². The Kier molecular flexibility index (Phi) is 4.51. The van der Waals surface area contributed by atoms with Crippen LogP contribution in [-0.2, 0) is 9.53 Å². The van der Waals surface area contributed by atoms with Crippen molar-refractivity contribution in [3.05, 3.63) is 23.3 Å². The smallest absolute Gasteiger partial charge is 0.302 e. The number of allylic oxidation sites excluding steroid dienone is 3. The highest BCUT2D eigenvalue weighted by Gasteiger charge is 2.57. The monoisotopic (exact) mass is 371 g/mol. The van der Waals surface area contributed by atoms with Gasteiger partial charge in [0.15, 0.2) is 0 Å². The summed E-state index contributed by atoms with van der Waals surface area (Å²) < 4.78 is 5.53. The van der Waals surface area contributed by atoms with Gasteiger partial charge in [0.05, 0.1) is 5.71 Å². The van der Waals surface area contributed by atoms with Crippen LogP contribution in [0.2, 0.25) is 0 Å². The van der Waals surface area contributed by atoms with Crippen LogP contribution in [0.1, 0.15) is 72.6 Å². The first kappa shape index (κ1) is 18.8. The predicted octanol–water partition coefficient (Wildman–Crippen LogP) is 5.27. The van der Waals surface area contributed by atoms with Gasteiger partial charge in [-0.1, -0.05) is 36.7 Å². The number of fused-ring (bicyclic) bond motifs is 5. The Balaban J connectivity index is 1.59. The van der Waals surface area contributed by atoms with Crippen molar-refractivity contribution in [1.29, 1.82) is 0 Å². The normalized spacial score (nSPS) is 43.8. The zero-order chi connectivity index (χ0) is 19.4. The number of carbonyl (C=O) groups is 1. The Morgan fingerprint density at radius 2 is 1.85 bits per heavy atom. The van der Waals surface area contributed by atoms with Crippen molar-refractivity contribution >= 4 is 11.7 Å². The van der Waals surface area contributed by atoms with Crippen molar-refractivity contribution in [2.75, 3.05) is 0 Å². The third-order valence-corrected chi connectivity index (χ3v) is 8.51. The maximum Gasteiger partial charge on any atom is 0.302 e. The second-order valence-corrected chi connectivity index (χ2v) is 9.73. The molecular formula is C23H33NO3. The van der Waals surface area contributed by atoms with Gasteiger partial charge in [0.1, 0.15) is 6.10 Å². The van der Waals surface area contributed by atoms with Crippen LogP contribution in [0.5, 0.6) is 0 Å². The van der Waals surface area contributed by atoms with E-state index >= 15 is 0 Å². The largest absolute Gasteiger partial charge is 0.462 e. The van der Waals surface area contributed by atoms with E-state index < -0.39 is 0 Å². The summed E-state index contributed by atoms with van der Waals surface area (Å²) in [4.78, 5) is 11.4. The topological polar surface area (TPSA) is 58.9 Å². The van der Waals surface area contributed by atoms with E-state index in [0.29, 0.717) is 17.8 Å². The van der Waals surface area contributed by atoms with Gasteiger partial charge in [0, 0.05) is 13.3 Å². The fourth-order valence-corrected chi connectivity index (χ4v) is 7.14. The molecule has 0 saturated heterocycles. The first-order valence-corrected chi connectivity index (χ1v) is 10.6. The molecule has 4 rings (SSSR count). The highest BCUT2D eigenvalue weighted by atomic mass is 16.5. The first-order chi connectivity index (χ1) is 12.8. The van der Waals surface area contributed by atoms with Gasteiger partial charge >= 0.3 is 5.97 Å². The zero-order valence-corrected chi connectivity index (χ0v) is 17.1. The van der Waals surface area contributed by atoms with Crippen LogP contribution in [0.3, 0.4) is 0 Å². The molecule has 0 aromatic heterocycles. The first-order valence-electron chi connectivity index (χ1n) is 10.6. The van der Waals surface area contributed by atoms with Crippen molar-refractivity contribution in [2.45, 2.75) is 78.7 Å². The third kappa shape index (κ3) is 2.78. The fourth-order valence-electron chi connectivity index (χ4n) is 7.14. The molecule has 0 amide bonds. The molecule has 0 aromatic carbocycles. The molecule has 2 saturated carbocycles. The number of ether oxygens (including phenoxy) is 1. The number of hydrogen-bond acceptors (Lipinski definition) is 4. The van der Waals surface area contributed by atoms with Crippen molar-refractivity contribution < 1.29 is 14.7 Å². The SMILES string of the molecule is CC(=O)O[C@@H]1CC[C@@]2(C)C(=CC[C@H]3[C@H]2CC[C@]2(C)C(/C(C)=N/O)=CC[C@@H]32)C1. The Bertz CT molecular complexity index is 736. The molecule has 0 bridgehead atoms. The van der Waals surface area contributed by atoms with Crippen molar-refractivity contribution in [2.24, 2.45) is 33.7 Å². The van der Waals surface area contributed by atoms with E-state index in [1.54, 1.807) is 0 Å². The van der Waals surface area contributed by atoms with Gasteiger partial charge in [0.25, 0.3) is 0 Å². The van der Waals surface area contributed by atoms with E-state index in [0.717, 1.165) is 37.8 Å². The summed E-state index contributed by atoms with van der Waals surface area (Å²) in [6.45, 7) is 8.30. The summed E-state index contributed by atoms with van der Waals surface area (Å²) in [5.74, 6) is 1.90. The molecule has 4 nitrogen and oxygen atoms in total. The highest BCUT2D eigenvalue weighted by molar-refractivity contribution is 5.99. The minimum Gasteiger partial charge on any atom is -0.462 e. The van der Waals surface area contributed by atoms with E-state index in [9.17, 15) is 10.0 Å². The second-order valence-electron chi connectivity index (χ2n) is 9.73. The summed E-state index contributed by atoms with van der Waals surface area (Å²) >= 11 is 0. The maximum absolute atomic E-state index is 11.4. The molecule has 0 aromatic rings. The molecule has 0 spiro atoms. The number of nitrogens with zero attached hydrogens (tertiary/aromatic N) is 1. The summed E-state index contributed by atoms with van der Waals surface area (Å²) in [6.07, 6.45) is 12.6. The zero-order valence-electron chi connectivity index (χ0n) is 17.1. The number of rotatable bonds is 2. The summed E-state index contributed by atoms with van der Waals surface area (Å²) in [5, 5.41) is 12.8. The summed E-state index contributed by atoms with van der Waals surface area (Å²) in [6, 6.07) is 0. The Morgan fingerprint density at radius 3 is 2.56 bits per heavy atom. The van der Waals surface area contributed by atoms with Crippen LogP contribution < -0.4 is 0 Å². The maximum atomic E-state index is 11.4. The Morgan fingerprint density at radius 1 is 1.11 bits per heavy atom. The minimum atomic E-state index is -0.156. The van der Waals surface area contributed by atoms with Gasteiger partial charge in [-0.3, -0.25) is 4.79 Å². The van der Waals surface area contributed by atoms with Gasteiger partial charge in [-0.25, -0.2) is 0 Å². The molecule has 2 fully saturated rings. The summed E-state index contributed by atoms with van der Waals surface area (Å²) in [5.41, 5.74) is 3.99. The van der Waals surface area contributed by atoms with Crippen LogP contribution >= 0.6 is 0 Å². The predicted molar refractivity (Wildman–Crippen MR) is 106 cm³/mol. The molecule has 0 unspecified atom stereocenters. The molecule has 4 heteroatoms. The van der Waals surface area contributed by atoms with Crippen molar-refractivity contribution in [3.8, 4) is 0 Å². The fraction of sp³-hybridized carbons (Fsp3) is 0.739. The molecule has 148 valence electrons. The van der Waals surface area contributed by atoms with Crippen LogP contribution in [0.25, 0.3) is 0 Å². The minimum absolute atomic E-state index is 0.0652. The Labute approximate surface area is 162 Å². The number of carbonyl (C=O) groups excluding carboxylic acids is 1. The van der Waals surface area contributed by atoms with Crippen LogP contribution in [-0.4, -0.2) is 23.0 Å². The number of hydrogen-bond donors (Lipinski definition) is 1. The lowest BCUT2D eigenvalue weighted by Gasteiger charge is -2.57. The molecule has 0 aliphatic heterocycles. The van der Waals surface area contributed by atoms with E-state index in [1.165, 1.54) is 30.9 Å². The molecular weight excluding hydrogens is 338 g/mol. The number of esters is 1. The van der Waals surface area contributed by atoms with Crippen LogP contribution in [0.15, 0.2) is 28.5 Å². The van der Waals surface area contributed by atoms with Gasteiger partial charge < -0.3 is 9.94 Å². The molecule has 1 N–H and O–H groups in total. The van der Waals surface area contributed by atoms with Crippen LogP contribution in [0.4, 0.5) is 0 Å². The summed E-state index contributed by atoms with van der Waals surface area (Å²) in [7, 11) is 0. The van der Waals surface area contributed by atoms with Gasteiger partial charge in [-0.05, 0) is 79.6 Å². The van der Waals surface area contributed by atoms with Crippen molar-refractivity contribution in [3.63, 3.8) is 0 Å². The number of oxime groups is 1. The lowest BCUT2D eigenvalue weighted by Crippen LogP contribution is -2.50. The molecule has 4 aliphatic rings. The molecule has 6 atom stereocenters. The standard InChI is InChI=1S/C23H33NO3/c1-14(24-26)19-7-8-20-18-6-5-16-13-17(27-15(2)25)9-11-22(16,3)21(18)10-12-23(19,20)4/h5,7,17-18,20-21,26H,6,8-13H2,1-4H3/b24-14+/t17-,18-,20+,21-,22+,23-/m1/s1. The molecule has 0 heterocycles. The quantitative estimate of drug-likeness (QED) is 0.237. The molecule has 4 aliphatic carbocycles. The molecule has 0 radical (unpaired) electrons. The lowest BCUT2D eigenvalue weighted by atomic mass is 9.47. The third-order valence-electron chi connectivity index (χ3n) is 8.51. The van der Waals surface area contributed by atoms with Crippen LogP contribution in [0, 0.1) is 28.6 Å². The van der Waals surface area contributed by atoms with E-state index in [4.69, 9.17) is 4.74 Å². The second kappa shape index (κ2) is 6.49. The Hall–Kier alpha value is -1.58. The van der Waals surface area contributed by atoms with Crippen molar-refractivity contribution in [1.82, 2.24) is 0 Å².